The SMILES string of the molecule is CON=CCC(C)C1C=Cc2ccccc21. The largest absolute Gasteiger partial charge is 0.399 e. The van der Waals surface area contributed by atoms with Gasteiger partial charge in [-0.3, -0.25) is 0 Å². The number of rotatable bonds is 4. The van der Waals surface area contributed by atoms with Crippen LogP contribution < -0.4 is 0 Å². The first kappa shape index (κ1) is 10.9. The molecule has 1 aromatic rings. The van der Waals surface area contributed by atoms with Gasteiger partial charge in [0.05, 0.1) is 0 Å². The quantitative estimate of drug-likeness (QED) is 0.557. The van der Waals surface area contributed by atoms with E-state index in [2.05, 4.69) is 53.3 Å². The third kappa shape index (κ3) is 2.16. The van der Waals surface area contributed by atoms with E-state index in [-0.39, 0.29) is 0 Å². The summed E-state index contributed by atoms with van der Waals surface area (Å²) in [5, 5.41) is 3.79. The van der Waals surface area contributed by atoms with E-state index >= 15 is 0 Å². The smallest absolute Gasteiger partial charge is 0.106 e. The molecule has 0 heterocycles. The van der Waals surface area contributed by atoms with Crippen molar-refractivity contribution >= 4 is 12.3 Å². The maximum absolute atomic E-state index is 4.68. The zero-order chi connectivity index (χ0) is 11.4. The van der Waals surface area contributed by atoms with Gasteiger partial charge in [-0.15, -0.1) is 0 Å². The second-order valence-corrected chi connectivity index (χ2v) is 4.20. The second kappa shape index (κ2) is 4.97. The molecule has 0 amide bonds. The first-order valence-corrected chi connectivity index (χ1v) is 5.65. The lowest BCUT2D eigenvalue weighted by atomic mass is 9.87. The van der Waals surface area contributed by atoms with Crippen molar-refractivity contribution in [2.75, 3.05) is 7.11 Å². The average molecular weight is 215 g/mol. The van der Waals surface area contributed by atoms with E-state index in [9.17, 15) is 0 Å². The molecule has 2 nitrogen and oxygen atoms in total. The van der Waals surface area contributed by atoms with Gasteiger partial charge < -0.3 is 4.84 Å². The molecule has 1 aliphatic carbocycles. The molecular formula is C14H17NO. The minimum atomic E-state index is 0.513. The zero-order valence-electron chi connectivity index (χ0n) is 9.76. The summed E-state index contributed by atoms with van der Waals surface area (Å²) < 4.78 is 0. The molecule has 2 atom stereocenters. The Bertz CT molecular complexity index is 409. The summed E-state index contributed by atoms with van der Waals surface area (Å²) in [6.07, 6.45) is 7.29. The van der Waals surface area contributed by atoms with Crippen molar-refractivity contribution in [2.45, 2.75) is 19.3 Å². The number of oxime groups is 1. The first-order valence-electron chi connectivity index (χ1n) is 5.65. The molecule has 0 aliphatic heterocycles. The maximum atomic E-state index is 4.68. The molecule has 84 valence electrons. The molecule has 0 spiro atoms. The summed E-state index contributed by atoms with van der Waals surface area (Å²) in [6, 6.07) is 8.57. The summed E-state index contributed by atoms with van der Waals surface area (Å²) in [7, 11) is 1.58. The molecule has 0 fully saturated rings. The number of hydrogen-bond donors (Lipinski definition) is 0. The van der Waals surface area contributed by atoms with E-state index in [1.807, 2.05) is 6.21 Å². The summed E-state index contributed by atoms with van der Waals surface area (Å²) in [5.74, 6) is 1.07. The van der Waals surface area contributed by atoms with Crippen molar-refractivity contribution < 1.29 is 4.84 Å². The van der Waals surface area contributed by atoms with Gasteiger partial charge in [0.15, 0.2) is 0 Å². The van der Waals surface area contributed by atoms with Gasteiger partial charge in [0, 0.05) is 12.1 Å². The van der Waals surface area contributed by atoms with Gasteiger partial charge in [-0.2, -0.15) is 0 Å². The van der Waals surface area contributed by atoms with Crippen molar-refractivity contribution in [2.24, 2.45) is 11.1 Å². The molecule has 1 aliphatic rings. The topological polar surface area (TPSA) is 21.6 Å². The van der Waals surface area contributed by atoms with Gasteiger partial charge in [0.2, 0.25) is 0 Å². The van der Waals surface area contributed by atoms with Crippen molar-refractivity contribution in [1.82, 2.24) is 0 Å². The highest BCUT2D eigenvalue weighted by Crippen LogP contribution is 2.36. The summed E-state index contributed by atoms with van der Waals surface area (Å²) in [5.41, 5.74) is 2.78. The Morgan fingerprint density at radius 1 is 1.44 bits per heavy atom. The molecule has 0 saturated heterocycles. The van der Waals surface area contributed by atoms with Crippen LogP contribution in [0.3, 0.4) is 0 Å². The van der Waals surface area contributed by atoms with Gasteiger partial charge >= 0.3 is 0 Å². The van der Waals surface area contributed by atoms with Crippen LogP contribution in [0.1, 0.15) is 30.4 Å². The van der Waals surface area contributed by atoms with E-state index in [1.54, 1.807) is 7.11 Å². The van der Waals surface area contributed by atoms with Gasteiger partial charge in [-0.05, 0) is 23.5 Å². The van der Waals surface area contributed by atoms with Crippen molar-refractivity contribution in [3.63, 3.8) is 0 Å². The normalized spacial score (nSPS) is 20.0. The highest BCUT2D eigenvalue weighted by atomic mass is 16.6. The van der Waals surface area contributed by atoms with E-state index in [0.29, 0.717) is 11.8 Å². The van der Waals surface area contributed by atoms with Crippen molar-refractivity contribution in [3.8, 4) is 0 Å². The molecule has 0 radical (unpaired) electrons. The minimum Gasteiger partial charge on any atom is -0.399 e. The number of allylic oxidation sites excluding steroid dienone is 1. The minimum absolute atomic E-state index is 0.513. The first-order chi connectivity index (χ1) is 7.83. The molecule has 2 heteroatoms. The standard InChI is InChI=1S/C14H17NO/c1-11(9-10-15-16-2)13-8-7-12-5-3-4-6-14(12)13/h3-8,10-11,13H,9H2,1-2H3. The maximum Gasteiger partial charge on any atom is 0.106 e. The lowest BCUT2D eigenvalue weighted by molar-refractivity contribution is 0.214. The number of benzene rings is 1. The lowest BCUT2D eigenvalue weighted by Crippen LogP contribution is -2.06. The average Bonchev–Trinajstić information content (AvgIpc) is 2.73. The number of nitrogens with zero attached hydrogens (tertiary/aromatic N) is 1. The molecule has 2 rings (SSSR count). The zero-order valence-corrected chi connectivity index (χ0v) is 9.76. The summed E-state index contributed by atoms with van der Waals surface area (Å²) in [6.45, 7) is 2.25. The van der Waals surface area contributed by atoms with Crippen LogP contribution in [0.4, 0.5) is 0 Å². The van der Waals surface area contributed by atoms with Gasteiger partial charge in [-0.1, -0.05) is 48.5 Å². The molecule has 0 aromatic heterocycles. The van der Waals surface area contributed by atoms with Crippen LogP contribution in [-0.2, 0) is 4.84 Å². The predicted molar refractivity (Wildman–Crippen MR) is 67.5 cm³/mol. The lowest BCUT2D eigenvalue weighted by Gasteiger charge is -2.17. The Kier molecular flexibility index (Phi) is 3.40. The van der Waals surface area contributed by atoms with Crippen LogP contribution in [-0.4, -0.2) is 13.3 Å². The molecular weight excluding hydrogens is 198 g/mol. The van der Waals surface area contributed by atoms with E-state index in [0.717, 1.165) is 6.42 Å². The number of hydrogen-bond acceptors (Lipinski definition) is 2. The van der Waals surface area contributed by atoms with Gasteiger partial charge in [0.25, 0.3) is 0 Å². The molecule has 0 bridgehead atoms. The summed E-state index contributed by atoms with van der Waals surface area (Å²) in [4.78, 5) is 4.68. The molecule has 0 N–H and O–H groups in total. The van der Waals surface area contributed by atoms with E-state index in [4.69, 9.17) is 0 Å². The van der Waals surface area contributed by atoms with Gasteiger partial charge in [-0.25, -0.2) is 0 Å². The fourth-order valence-electron chi connectivity index (χ4n) is 2.20. The molecule has 16 heavy (non-hydrogen) atoms. The Morgan fingerprint density at radius 3 is 3.06 bits per heavy atom. The Labute approximate surface area is 96.6 Å². The monoisotopic (exact) mass is 215 g/mol. The Balaban J connectivity index is 2.07. The third-order valence-corrected chi connectivity index (χ3v) is 3.11. The van der Waals surface area contributed by atoms with Crippen molar-refractivity contribution in [1.29, 1.82) is 0 Å². The van der Waals surface area contributed by atoms with E-state index in [1.165, 1.54) is 11.1 Å². The van der Waals surface area contributed by atoms with Crippen LogP contribution in [0.15, 0.2) is 35.5 Å². The highest BCUT2D eigenvalue weighted by molar-refractivity contribution is 5.63. The Morgan fingerprint density at radius 2 is 2.25 bits per heavy atom. The molecule has 0 saturated carbocycles. The van der Waals surface area contributed by atoms with Crippen LogP contribution in [0.2, 0.25) is 0 Å². The Hall–Kier alpha value is -1.57. The number of fused-ring (bicyclic) bond motifs is 1. The third-order valence-electron chi connectivity index (χ3n) is 3.11. The second-order valence-electron chi connectivity index (χ2n) is 4.20. The fourth-order valence-corrected chi connectivity index (χ4v) is 2.20. The summed E-state index contributed by atoms with van der Waals surface area (Å²) >= 11 is 0. The molecule has 2 unspecified atom stereocenters. The van der Waals surface area contributed by atoms with Gasteiger partial charge in [0.1, 0.15) is 7.11 Å². The van der Waals surface area contributed by atoms with E-state index < -0.39 is 0 Å². The highest BCUT2D eigenvalue weighted by Gasteiger charge is 2.21. The van der Waals surface area contributed by atoms with Crippen molar-refractivity contribution in [3.05, 3.63) is 41.5 Å². The van der Waals surface area contributed by atoms with Crippen LogP contribution in [0.25, 0.3) is 6.08 Å². The van der Waals surface area contributed by atoms with Crippen LogP contribution in [0.5, 0.6) is 0 Å². The predicted octanol–water partition coefficient (Wildman–Crippen LogP) is 3.46. The molecule has 1 aromatic carbocycles. The van der Waals surface area contributed by atoms with Crippen LogP contribution in [0, 0.1) is 5.92 Å². The van der Waals surface area contributed by atoms with Crippen LogP contribution >= 0.6 is 0 Å². The fraction of sp³-hybridized carbons (Fsp3) is 0.357.